The van der Waals surface area contributed by atoms with Gasteiger partial charge in [0.05, 0.1) is 18.0 Å². The third-order valence-electron chi connectivity index (χ3n) is 2.50. The summed E-state index contributed by atoms with van der Waals surface area (Å²) in [6, 6.07) is 0. The normalized spacial score (nSPS) is 37.9. The Morgan fingerprint density at radius 3 is 2.35 bits per heavy atom. The van der Waals surface area contributed by atoms with Gasteiger partial charge in [0.1, 0.15) is 12.2 Å². The molecule has 5 unspecified atom stereocenters. The second kappa shape index (κ2) is 5.98. The monoisotopic (exact) mass is 266 g/mol. The number of hydrogen-bond donors (Lipinski definition) is 5. The minimum absolute atomic E-state index is 0.131. The van der Waals surface area contributed by atoms with Crippen LogP contribution in [0.3, 0.4) is 0 Å². The van der Waals surface area contributed by atoms with E-state index in [0.29, 0.717) is 0 Å². The van der Waals surface area contributed by atoms with Gasteiger partial charge in [-0.3, -0.25) is 5.41 Å². The van der Waals surface area contributed by atoms with E-state index in [9.17, 15) is 15.3 Å². The summed E-state index contributed by atoms with van der Waals surface area (Å²) in [4.78, 5) is 1.51. The molecule has 7 nitrogen and oxygen atoms in total. The first-order valence-corrected chi connectivity index (χ1v) is 5.99. The maximum atomic E-state index is 9.80. The Labute approximate surface area is 104 Å². The second-order valence-corrected chi connectivity index (χ2v) is 5.18. The molecule has 0 saturated carbocycles. The first-order chi connectivity index (χ1) is 7.88. The zero-order valence-electron chi connectivity index (χ0n) is 9.65. The fourth-order valence-electron chi connectivity index (χ4n) is 1.43. The molecule has 0 amide bonds. The third kappa shape index (κ3) is 3.30. The topological polar surface area (TPSA) is 117 Å². The standard InChI is InChI=1S/C9H18N2O5S/c1-11(2)9(10)17-7-6(14)5(13)4(3-12)16-8(7)15/h4-8,10,12-15H,3H2,1-2H3. The predicted octanol–water partition coefficient (Wildman–Crippen LogP) is -1.98. The molecule has 0 radical (unpaired) electrons. The van der Waals surface area contributed by atoms with Gasteiger partial charge in [-0.2, -0.15) is 0 Å². The van der Waals surface area contributed by atoms with E-state index < -0.39 is 36.5 Å². The van der Waals surface area contributed by atoms with Crippen LogP contribution >= 0.6 is 11.8 Å². The van der Waals surface area contributed by atoms with Crippen LogP contribution in [0.25, 0.3) is 0 Å². The van der Waals surface area contributed by atoms with Gasteiger partial charge in [-0.05, 0) is 0 Å². The van der Waals surface area contributed by atoms with Gasteiger partial charge in [-0.25, -0.2) is 0 Å². The van der Waals surface area contributed by atoms with Crippen LogP contribution < -0.4 is 0 Å². The van der Waals surface area contributed by atoms with E-state index in [4.69, 9.17) is 15.3 Å². The van der Waals surface area contributed by atoms with Crippen molar-refractivity contribution in [3.63, 3.8) is 0 Å². The van der Waals surface area contributed by atoms with Crippen molar-refractivity contribution < 1.29 is 25.2 Å². The maximum absolute atomic E-state index is 9.80. The van der Waals surface area contributed by atoms with Crippen LogP contribution in [0.2, 0.25) is 0 Å². The summed E-state index contributed by atoms with van der Waals surface area (Å²) in [6.07, 6.45) is -4.89. The third-order valence-corrected chi connectivity index (χ3v) is 3.87. The highest BCUT2D eigenvalue weighted by Crippen LogP contribution is 2.29. The summed E-state index contributed by atoms with van der Waals surface area (Å²) in [7, 11) is 3.31. The van der Waals surface area contributed by atoms with Crippen LogP contribution in [0.4, 0.5) is 0 Å². The molecule has 1 fully saturated rings. The fourth-order valence-corrected chi connectivity index (χ4v) is 2.38. The van der Waals surface area contributed by atoms with Crippen molar-refractivity contribution in [2.75, 3.05) is 20.7 Å². The molecule has 0 aromatic heterocycles. The number of aliphatic hydroxyl groups excluding tert-OH is 4. The summed E-state index contributed by atoms with van der Waals surface area (Å²) in [6.45, 7) is -0.488. The highest BCUT2D eigenvalue weighted by Gasteiger charge is 2.44. The summed E-state index contributed by atoms with van der Waals surface area (Å²) in [5, 5.41) is 44.8. The quantitative estimate of drug-likeness (QED) is 0.290. The van der Waals surface area contributed by atoms with Gasteiger partial charge < -0.3 is 30.1 Å². The minimum Gasteiger partial charge on any atom is -0.394 e. The molecule has 0 aromatic carbocycles. The van der Waals surface area contributed by atoms with E-state index in [1.807, 2.05) is 0 Å². The van der Waals surface area contributed by atoms with Crippen molar-refractivity contribution in [1.29, 1.82) is 5.41 Å². The van der Waals surface area contributed by atoms with Crippen LogP contribution in [0.15, 0.2) is 0 Å². The Hall–Kier alpha value is -0.380. The molecule has 1 saturated heterocycles. The Balaban J connectivity index is 2.69. The van der Waals surface area contributed by atoms with Crippen molar-refractivity contribution in [2.24, 2.45) is 0 Å². The number of aliphatic hydroxyl groups is 4. The molecule has 0 aromatic rings. The van der Waals surface area contributed by atoms with Gasteiger partial charge in [-0.15, -0.1) is 0 Å². The highest BCUT2D eigenvalue weighted by molar-refractivity contribution is 8.14. The van der Waals surface area contributed by atoms with Crippen LogP contribution in [0.1, 0.15) is 0 Å². The largest absolute Gasteiger partial charge is 0.394 e. The molecule has 1 aliphatic heterocycles. The molecule has 0 aliphatic carbocycles. The lowest BCUT2D eigenvalue weighted by Crippen LogP contribution is -2.57. The van der Waals surface area contributed by atoms with E-state index in [0.717, 1.165) is 11.8 Å². The molecule has 100 valence electrons. The summed E-state index contributed by atoms with van der Waals surface area (Å²) in [5.41, 5.74) is 0. The molecule has 17 heavy (non-hydrogen) atoms. The Bertz CT molecular complexity index is 278. The van der Waals surface area contributed by atoms with Crippen molar-refractivity contribution in [3.05, 3.63) is 0 Å². The minimum atomic E-state index is -1.34. The van der Waals surface area contributed by atoms with Crippen molar-refractivity contribution >= 4 is 16.9 Å². The molecular weight excluding hydrogens is 248 g/mol. The number of ether oxygens (including phenoxy) is 1. The molecule has 1 rings (SSSR count). The molecule has 8 heteroatoms. The van der Waals surface area contributed by atoms with Gasteiger partial charge >= 0.3 is 0 Å². The van der Waals surface area contributed by atoms with Crippen molar-refractivity contribution in [3.8, 4) is 0 Å². The molecule has 0 spiro atoms. The van der Waals surface area contributed by atoms with Gasteiger partial charge in [-0.1, -0.05) is 11.8 Å². The number of nitrogens with zero attached hydrogens (tertiary/aromatic N) is 1. The molecule has 5 N–H and O–H groups in total. The zero-order chi connectivity index (χ0) is 13.2. The average Bonchev–Trinajstić information content (AvgIpc) is 2.28. The number of rotatable bonds is 2. The van der Waals surface area contributed by atoms with Crippen LogP contribution in [0, 0.1) is 5.41 Å². The molecule has 1 heterocycles. The average molecular weight is 266 g/mol. The first kappa shape index (κ1) is 14.7. The predicted molar refractivity (Wildman–Crippen MR) is 62.8 cm³/mol. The van der Waals surface area contributed by atoms with E-state index in [-0.39, 0.29) is 5.17 Å². The van der Waals surface area contributed by atoms with Crippen molar-refractivity contribution in [1.82, 2.24) is 4.90 Å². The summed E-state index contributed by atoms with van der Waals surface area (Å²) >= 11 is 0.904. The van der Waals surface area contributed by atoms with Crippen LogP contribution in [0.5, 0.6) is 0 Å². The highest BCUT2D eigenvalue weighted by atomic mass is 32.2. The summed E-state index contributed by atoms with van der Waals surface area (Å²) < 4.78 is 4.97. The van der Waals surface area contributed by atoms with E-state index in [2.05, 4.69) is 0 Å². The molecule has 5 atom stereocenters. The lowest BCUT2D eigenvalue weighted by Gasteiger charge is -2.39. The van der Waals surface area contributed by atoms with Gasteiger partial charge in [0.15, 0.2) is 11.5 Å². The molecule has 1 aliphatic rings. The number of amidine groups is 1. The summed E-state index contributed by atoms with van der Waals surface area (Å²) in [5.74, 6) is 0. The lowest BCUT2D eigenvalue weighted by atomic mass is 10.0. The van der Waals surface area contributed by atoms with E-state index >= 15 is 0 Å². The van der Waals surface area contributed by atoms with Gasteiger partial charge in [0.25, 0.3) is 0 Å². The van der Waals surface area contributed by atoms with Crippen LogP contribution in [-0.2, 0) is 4.74 Å². The Kier molecular flexibility index (Phi) is 5.17. The number of hydrogen-bond acceptors (Lipinski definition) is 7. The zero-order valence-corrected chi connectivity index (χ0v) is 10.5. The number of thioether (sulfide) groups is 1. The SMILES string of the molecule is CN(C)C(=N)SC1C(O)OC(CO)C(O)C1O. The van der Waals surface area contributed by atoms with Crippen LogP contribution in [-0.4, -0.2) is 81.0 Å². The Morgan fingerprint density at radius 2 is 1.88 bits per heavy atom. The Morgan fingerprint density at radius 1 is 1.29 bits per heavy atom. The lowest BCUT2D eigenvalue weighted by molar-refractivity contribution is -0.234. The maximum Gasteiger partial charge on any atom is 0.170 e. The smallest absolute Gasteiger partial charge is 0.170 e. The second-order valence-electron chi connectivity index (χ2n) is 4.01. The molecular formula is C9H18N2O5S. The van der Waals surface area contributed by atoms with Crippen molar-refractivity contribution in [2.45, 2.75) is 29.9 Å². The number of nitrogens with one attached hydrogen (secondary N) is 1. The molecule has 0 bridgehead atoms. The van der Waals surface area contributed by atoms with Gasteiger partial charge in [0.2, 0.25) is 0 Å². The fraction of sp³-hybridized carbons (Fsp3) is 0.889. The van der Waals surface area contributed by atoms with E-state index in [1.54, 1.807) is 14.1 Å². The first-order valence-electron chi connectivity index (χ1n) is 5.11. The van der Waals surface area contributed by atoms with Gasteiger partial charge in [0, 0.05) is 14.1 Å². The van der Waals surface area contributed by atoms with E-state index in [1.165, 1.54) is 4.90 Å².